The fraction of sp³-hybridized carbons (Fsp3) is 0.389. The summed E-state index contributed by atoms with van der Waals surface area (Å²) in [5, 5.41) is 6.46. The summed E-state index contributed by atoms with van der Waals surface area (Å²) in [6, 6.07) is 6.29. The maximum absolute atomic E-state index is 11.7. The van der Waals surface area contributed by atoms with Gasteiger partial charge in [-0.15, -0.1) is 0 Å². The van der Waals surface area contributed by atoms with E-state index in [1.54, 1.807) is 0 Å². The van der Waals surface area contributed by atoms with Gasteiger partial charge in [0.25, 0.3) is 5.91 Å². The highest BCUT2D eigenvalue weighted by molar-refractivity contribution is 5.98. The zero-order valence-corrected chi connectivity index (χ0v) is 14.5. The summed E-state index contributed by atoms with van der Waals surface area (Å²) in [6.07, 6.45) is 4.52. The Morgan fingerprint density at radius 1 is 1.20 bits per heavy atom. The Kier molecular flexibility index (Phi) is 4.85. The van der Waals surface area contributed by atoms with Gasteiger partial charge >= 0.3 is 0 Å². The SMILES string of the molecule is Cc1cc(C)cc(Nc2nc(NC3CCCC3N)ncc2C(N)=O)c1. The molecular formula is C18H24N6O. The molecule has 0 aliphatic heterocycles. The molecular weight excluding hydrogens is 316 g/mol. The molecule has 2 atom stereocenters. The summed E-state index contributed by atoms with van der Waals surface area (Å²) in [6.45, 7) is 4.03. The molecule has 0 bridgehead atoms. The summed E-state index contributed by atoms with van der Waals surface area (Å²) < 4.78 is 0. The van der Waals surface area contributed by atoms with Crippen LogP contribution in [-0.4, -0.2) is 28.0 Å². The number of rotatable bonds is 5. The number of aryl methyl sites for hydroxylation is 2. The van der Waals surface area contributed by atoms with Crippen LogP contribution in [0.25, 0.3) is 0 Å². The number of nitrogens with one attached hydrogen (secondary N) is 2. The predicted octanol–water partition coefficient (Wildman–Crippen LogP) is 2.23. The lowest BCUT2D eigenvalue weighted by atomic mass is 10.1. The first kappa shape index (κ1) is 17.2. The van der Waals surface area contributed by atoms with Crippen molar-refractivity contribution in [1.29, 1.82) is 0 Å². The lowest BCUT2D eigenvalue weighted by Gasteiger charge is -2.18. The maximum atomic E-state index is 11.7. The van der Waals surface area contributed by atoms with Gasteiger partial charge in [-0.05, 0) is 56.4 Å². The molecule has 1 heterocycles. The summed E-state index contributed by atoms with van der Waals surface area (Å²) in [4.78, 5) is 20.4. The second kappa shape index (κ2) is 7.06. The number of hydrogen-bond acceptors (Lipinski definition) is 6. The van der Waals surface area contributed by atoms with Crippen LogP contribution in [0, 0.1) is 13.8 Å². The summed E-state index contributed by atoms with van der Waals surface area (Å²) in [7, 11) is 0. The van der Waals surface area contributed by atoms with Crippen LogP contribution >= 0.6 is 0 Å². The van der Waals surface area contributed by atoms with Gasteiger partial charge < -0.3 is 22.1 Å². The number of carbonyl (C=O) groups is 1. The van der Waals surface area contributed by atoms with Crippen molar-refractivity contribution >= 4 is 23.4 Å². The largest absolute Gasteiger partial charge is 0.365 e. The molecule has 1 amide bonds. The molecule has 1 aliphatic rings. The van der Waals surface area contributed by atoms with Gasteiger partial charge in [0, 0.05) is 24.0 Å². The number of amides is 1. The number of nitrogens with two attached hydrogens (primary N) is 2. The summed E-state index contributed by atoms with van der Waals surface area (Å²) >= 11 is 0. The smallest absolute Gasteiger partial charge is 0.254 e. The molecule has 0 spiro atoms. The molecule has 0 radical (unpaired) electrons. The van der Waals surface area contributed by atoms with E-state index in [0.29, 0.717) is 11.8 Å². The minimum atomic E-state index is -0.573. The van der Waals surface area contributed by atoms with Crippen molar-refractivity contribution in [3.8, 4) is 0 Å². The molecule has 1 aromatic heterocycles. The van der Waals surface area contributed by atoms with Gasteiger partial charge in [0.1, 0.15) is 11.4 Å². The highest BCUT2D eigenvalue weighted by Crippen LogP contribution is 2.24. The third-order valence-corrected chi connectivity index (χ3v) is 4.42. The van der Waals surface area contributed by atoms with Crippen LogP contribution in [-0.2, 0) is 0 Å². The van der Waals surface area contributed by atoms with Gasteiger partial charge in [-0.25, -0.2) is 4.98 Å². The first-order valence-corrected chi connectivity index (χ1v) is 8.46. The van der Waals surface area contributed by atoms with E-state index in [4.69, 9.17) is 11.5 Å². The molecule has 7 heteroatoms. The Balaban J connectivity index is 1.89. The van der Waals surface area contributed by atoms with Crippen LogP contribution < -0.4 is 22.1 Å². The van der Waals surface area contributed by atoms with Crippen molar-refractivity contribution in [2.75, 3.05) is 10.6 Å². The van der Waals surface area contributed by atoms with Gasteiger partial charge in [0.15, 0.2) is 0 Å². The van der Waals surface area contributed by atoms with E-state index in [0.717, 1.165) is 36.1 Å². The molecule has 6 N–H and O–H groups in total. The van der Waals surface area contributed by atoms with E-state index in [-0.39, 0.29) is 17.6 Å². The average Bonchev–Trinajstić information content (AvgIpc) is 2.91. The van der Waals surface area contributed by atoms with E-state index in [1.807, 2.05) is 26.0 Å². The third kappa shape index (κ3) is 4.06. The van der Waals surface area contributed by atoms with Crippen LogP contribution in [0.4, 0.5) is 17.5 Å². The molecule has 2 aromatic rings. The van der Waals surface area contributed by atoms with Crippen LogP contribution in [0.3, 0.4) is 0 Å². The number of primary amides is 1. The summed E-state index contributed by atoms with van der Waals surface area (Å²) in [5.41, 5.74) is 14.9. The van der Waals surface area contributed by atoms with Crippen LogP contribution in [0.15, 0.2) is 24.4 Å². The summed E-state index contributed by atoms with van der Waals surface area (Å²) in [5.74, 6) is 0.261. The number of anilines is 3. The molecule has 1 saturated carbocycles. The molecule has 1 fully saturated rings. The van der Waals surface area contributed by atoms with Gasteiger partial charge in [0.05, 0.1) is 0 Å². The molecule has 7 nitrogen and oxygen atoms in total. The molecule has 0 saturated heterocycles. The topological polar surface area (TPSA) is 119 Å². The van der Waals surface area contributed by atoms with Crippen molar-refractivity contribution < 1.29 is 4.79 Å². The number of benzene rings is 1. The van der Waals surface area contributed by atoms with E-state index in [1.165, 1.54) is 6.20 Å². The minimum Gasteiger partial charge on any atom is -0.365 e. The molecule has 1 aromatic carbocycles. The van der Waals surface area contributed by atoms with Gasteiger partial charge in [-0.3, -0.25) is 4.79 Å². The quantitative estimate of drug-likeness (QED) is 0.663. The normalized spacial score (nSPS) is 19.6. The molecule has 1 aliphatic carbocycles. The monoisotopic (exact) mass is 340 g/mol. The fourth-order valence-electron chi connectivity index (χ4n) is 3.24. The highest BCUT2D eigenvalue weighted by atomic mass is 16.1. The van der Waals surface area contributed by atoms with Crippen molar-refractivity contribution in [2.24, 2.45) is 11.5 Å². The van der Waals surface area contributed by atoms with Crippen LogP contribution in [0.5, 0.6) is 0 Å². The lowest BCUT2D eigenvalue weighted by Crippen LogP contribution is -2.35. The second-order valence-corrected chi connectivity index (χ2v) is 6.67. The van der Waals surface area contributed by atoms with Gasteiger partial charge in [-0.2, -0.15) is 4.98 Å². The van der Waals surface area contributed by atoms with E-state index >= 15 is 0 Å². The number of aromatic nitrogens is 2. The zero-order valence-electron chi connectivity index (χ0n) is 14.5. The predicted molar refractivity (Wildman–Crippen MR) is 99.0 cm³/mol. The standard InChI is InChI=1S/C18H24N6O/c1-10-6-11(2)8-12(7-10)22-17-13(16(20)25)9-21-18(24-17)23-15-5-3-4-14(15)19/h6-9,14-15H,3-5,19H2,1-2H3,(H2,20,25)(H2,21,22,23,24). The minimum absolute atomic E-state index is 0.0928. The van der Waals surface area contributed by atoms with Crippen LogP contribution in [0.2, 0.25) is 0 Å². The second-order valence-electron chi connectivity index (χ2n) is 6.67. The Hall–Kier alpha value is -2.67. The lowest BCUT2D eigenvalue weighted by molar-refractivity contribution is 0.100. The van der Waals surface area contributed by atoms with E-state index < -0.39 is 5.91 Å². The van der Waals surface area contributed by atoms with Crippen LogP contribution in [0.1, 0.15) is 40.7 Å². The first-order chi connectivity index (χ1) is 11.9. The van der Waals surface area contributed by atoms with Crippen molar-refractivity contribution in [1.82, 2.24) is 9.97 Å². The highest BCUT2D eigenvalue weighted by Gasteiger charge is 2.24. The third-order valence-electron chi connectivity index (χ3n) is 4.42. The van der Waals surface area contributed by atoms with Crippen molar-refractivity contribution in [2.45, 2.75) is 45.2 Å². The van der Waals surface area contributed by atoms with E-state index in [2.05, 4.69) is 26.7 Å². The number of hydrogen-bond donors (Lipinski definition) is 4. The van der Waals surface area contributed by atoms with Crippen molar-refractivity contribution in [3.63, 3.8) is 0 Å². The molecule has 3 rings (SSSR count). The number of nitrogens with zero attached hydrogens (tertiary/aromatic N) is 2. The maximum Gasteiger partial charge on any atom is 0.254 e. The molecule has 2 unspecified atom stereocenters. The van der Waals surface area contributed by atoms with Gasteiger partial charge in [0.2, 0.25) is 5.95 Å². The first-order valence-electron chi connectivity index (χ1n) is 8.46. The molecule has 25 heavy (non-hydrogen) atoms. The number of carbonyl (C=O) groups excluding carboxylic acids is 1. The van der Waals surface area contributed by atoms with E-state index in [9.17, 15) is 4.79 Å². The van der Waals surface area contributed by atoms with Gasteiger partial charge in [-0.1, -0.05) is 6.07 Å². The Bertz CT molecular complexity index is 771. The Labute approximate surface area is 147 Å². The van der Waals surface area contributed by atoms with Crippen molar-refractivity contribution in [3.05, 3.63) is 41.1 Å². The Morgan fingerprint density at radius 3 is 2.52 bits per heavy atom. The fourth-order valence-corrected chi connectivity index (χ4v) is 3.24. The molecule has 132 valence electrons. The Morgan fingerprint density at radius 2 is 1.92 bits per heavy atom. The zero-order chi connectivity index (χ0) is 18.0. The average molecular weight is 340 g/mol.